The topological polar surface area (TPSA) is 95.9 Å². The molecule has 1 amide bonds. The number of amides is 1. The molecule has 0 bridgehead atoms. The van der Waals surface area contributed by atoms with Gasteiger partial charge < -0.3 is 20.1 Å². The zero-order chi connectivity index (χ0) is 24.9. The van der Waals surface area contributed by atoms with Crippen molar-refractivity contribution in [2.24, 2.45) is 0 Å². The Morgan fingerprint density at radius 3 is 2.43 bits per heavy atom. The number of piperidine rings is 2. The van der Waals surface area contributed by atoms with Crippen molar-refractivity contribution in [3.63, 3.8) is 0 Å². The molecule has 2 atom stereocenters. The van der Waals surface area contributed by atoms with Crippen LogP contribution in [0.2, 0.25) is 5.02 Å². The summed E-state index contributed by atoms with van der Waals surface area (Å²) in [5.74, 6) is -0.265. The van der Waals surface area contributed by atoms with Gasteiger partial charge in [-0.25, -0.2) is 8.42 Å². The zero-order valence-corrected chi connectivity index (χ0v) is 21.3. The van der Waals surface area contributed by atoms with E-state index in [0.717, 1.165) is 18.4 Å². The maximum Gasteiger partial charge on any atom is 0.248 e. The summed E-state index contributed by atoms with van der Waals surface area (Å²) in [4.78, 5) is 14.7. The van der Waals surface area contributed by atoms with E-state index < -0.39 is 26.9 Å². The molecule has 0 spiro atoms. The molecule has 2 N–H and O–H groups in total. The Morgan fingerprint density at radius 1 is 1.11 bits per heavy atom. The molecular formula is C26H33ClN2O5S. The Morgan fingerprint density at radius 2 is 1.80 bits per heavy atom. The molecule has 0 saturated carbocycles. The molecule has 2 saturated heterocycles. The van der Waals surface area contributed by atoms with E-state index in [2.05, 4.69) is 5.32 Å². The number of hydrogen-bond acceptors (Lipinski definition) is 6. The number of likely N-dealkylation sites (tertiary alicyclic amines) is 1. The van der Waals surface area contributed by atoms with Crippen molar-refractivity contribution < 1.29 is 23.1 Å². The van der Waals surface area contributed by atoms with Crippen LogP contribution < -0.4 is 5.32 Å². The number of hydrogen-bond donors (Lipinski definition) is 2. The van der Waals surface area contributed by atoms with Gasteiger partial charge in [0.2, 0.25) is 15.7 Å². The van der Waals surface area contributed by atoms with Crippen LogP contribution in [-0.2, 0) is 25.8 Å². The Kier molecular flexibility index (Phi) is 8.50. The largest absolute Gasteiger partial charge is 0.389 e. The first-order valence-electron chi connectivity index (χ1n) is 12.2. The number of nitrogens with zero attached hydrogens (tertiary/aromatic N) is 1. The third kappa shape index (κ3) is 6.62. The van der Waals surface area contributed by atoms with Gasteiger partial charge in [-0.15, -0.1) is 0 Å². The molecule has 2 aromatic carbocycles. The normalized spacial score (nSPS) is 21.4. The maximum atomic E-state index is 13.4. The van der Waals surface area contributed by atoms with E-state index >= 15 is 0 Å². The number of benzene rings is 2. The third-order valence-corrected chi connectivity index (χ3v) is 9.18. The Hall–Kier alpha value is -1.97. The second-order valence-electron chi connectivity index (χ2n) is 9.50. The maximum absolute atomic E-state index is 13.4. The lowest BCUT2D eigenvalue weighted by molar-refractivity contribution is -0.141. The molecule has 2 aliphatic heterocycles. The van der Waals surface area contributed by atoms with Crippen molar-refractivity contribution in [3.8, 4) is 0 Å². The van der Waals surface area contributed by atoms with Gasteiger partial charge >= 0.3 is 0 Å². The minimum absolute atomic E-state index is 0.121. The van der Waals surface area contributed by atoms with Crippen LogP contribution in [0, 0.1) is 0 Å². The molecule has 2 aromatic rings. The lowest BCUT2D eigenvalue weighted by Crippen LogP contribution is -2.51. The molecule has 9 heteroatoms. The molecule has 7 nitrogen and oxygen atoms in total. The summed E-state index contributed by atoms with van der Waals surface area (Å²) in [5, 5.41) is 14.7. The molecule has 2 heterocycles. The van der Waals surface area contributed by atoms with Gasteiger partial charge in [0.15, 0.2) is 5.44 Å². The van der Waals surface area contributed by atoms with Crippen LogP contribution in [-0.4, -0.2) is 67.7 Å². The predicted octanol–water partition coefficient (Wildman–Crippen LogP) is 3.19. The van der Waals surface area contributed by atoms with Crippen molar-refractivity contribution in [2.45, 2.75) is 60.5 Å². The van der Waals surface area contributed by atoms with E-state index in [1.165, 1.54) is 24.3 Å². The first kappa shape index (κ1) is 26.1. The fraction of sp³-hybridized carbons (Fsp3) is 0.500. The summed E-state index contributed by atoms with van der Waals surface area (Å²) >= 11 is 5.94. The lowest BCUT2D eigenvalue weighted by atomic mass is 9.85. The zero-order valence-electron chi connectivity index (χ0n) is 19.7. The van der Waals surface area contributed by atoms with Crippen LogP contribution in [0.4, 0.5) is 0 Å². The fourth-order valence-corrected chi connectivity index (χ4v) is 6.68. The van der Waals surface area contributed by atoms with Gasteiger partial charge in [-0.2, -0.15) is 0 Å². The number of sulfone groups is 1. The highest BCUT2D eigenvalue weighted by atomic mass is 35.5. The monoisotopic (exact) mass is 520 g/mol. The summed E-state index contributed by atoms with van der Waals surface area (Å²) < 4.78 is 32.7. The fourth-order valence-electron chi connectivity index (χ4n) is 4.86. The summed E-state index contributed by atoms with van der Waals surface area (Å²) in [5.41, 5.74) is -0.966. The van der Waals surface area contributed by atoms with Gasteiger partial charge in [0.05, 0.1) is 10.5 Å². The van der Waals surface area contributed by atoms with Crippen molar-refractivity contribution in [2.75, 3.05) is 26.2 Å². The number of carbonyl (C=O) groups is 1. The van der Waals surface area contributed by atoms with E-state index in [1.807, 2.05) is 30.3 Å². The number of carbonyl (C=O) groups excluding carboxylic acids is 1. The van der Waals surface area contributed by atoms with Gasteiger partial charge in [0.25, 0.3) is 0 Å². The minimum atomic E-state index is -3.85. The standard InChI is InChI=1S/C26H33ClN2O5S/c27-21-9-11-22(12-10-21)35(32,33)25(23-8-4-5-15-28-23)34-19-24(30)29-16-13-26(31,14-17-29)18-20-6-2-1-3-7-20/h1-3,6-7,9-12,23,25,28,31H,4-5,8,13-19H2. The van der Waals surface area contributed by atoms with E-state index in [1.54, 1.807) is 4.90 Å². The molecule has 2 aliphatic rings. The molecule has 0 aliphatic carbocycles. The number of nitrogens with one attached hydrogen (secondary N) is 1. The van der Waals surface area contributed by atoms with E-state index in [4.69, 9.17) is 16.3 Å². The van der Waals surface area contributed by atoms with Crippen LogP contribution in [0.15, 0.2) is 59.5 Å². The summed E-state index contributed by atoms with van der Waals surface area (Å²) in [7, 11) is -3.85. The highest BCUT2D eigenvalue weighted by Crippen LogP contribution is 2.28. The van der Waals surface area contributed by atoms with Gasteiger partial charge in [-0.3, -0.25) is 4.79 Å². The van der Waals surface area contributed by atoms with Gasteiger partial charge in [-0.05, 0) is 62.1 Å². The van der Waals surface area contributed by atoms with Crippen molar-refractivity contribution in [3.05, 3.63) is 65.2 Å². The number of aliphatic hydroxyl groups is 1. The van der Waals surface area contributed by atoms with Gasteiger partial charge in [0, 0.05) is 30.6 Å². The molecule has 4 rings (SSSR count). The first-order chi connectivity index (χ1) is 16.8. The van der Waals surface area contributed by atoms with Crippen molar-refractivity contribution in [1.29, 1.82) is 0 Å². The third-order valence-electron chi connectivity index (χ3n) is 6.92. The van der Waals surface area contributed by atoms with Crippen LogP contribution >= 0.6 is 11.6 Å². The summed E-state index contributed by atoms with van der Waals surface area (Å²) in [6.07, 6.45) is 3.99. The first-order valence-corrected chi connectivity index (χ1v) is 14.1. The number of halogens is 1. The SMILES string of the molecule is O=C(COC(C1CCCCN1)S(=O)(=O)c1ccc(Cl)cc1)N1CCC(O)(Cc2ccccc2)CC1. The Balaban J connectivity index is 1.38. The molecule has 0 aromatic heterocycles. The van der Waals surface area contributed by atoms with Gasteiger partial charge in [-0.1, -0.05) is 48.4 Å². The summed E-state index contributed by atoms with van der Waals surface area (Å²) in [6, 6.07) is 15.4. The number of ether oxygens (including phenoxy) is 1. The second kappa shape index (κ2) is 11.4. The second-order valence-corrected chi connectivity index (χ2v) is 12.0. The Bertz CT molecular complexity index is 1080. The molecule has 0 radical (unpaired) electrons. The van der Waals surface area contributed by atoms with Crippen LogP contribution in [0.25, 0.3) is 0 Å². The number of rotatable bonds is 8. The molecule has 2 unspecified atom stereocenters. The Labute approximate surface area is 212 Å². The van der Waals surface area contributed by atoms with E-state index in [9.17, 15) is 18.3 Å². The highest BCUT2D eigenvalue weighted by Gasteiger charge is 2.38. The minimum Gasteiger partial charge on any atom is -0.389 e. The average Bonchev–Trinajstić information content (AvgIpc) is 2.86. The lowest BCUT2D eigenvalue weighted by Gasteiger charge is -2.38. The summed E-state index contributed by atoms with van der Waals surface area (Å²) in [6.45, 7) is 1.19. The van der Waals surface area contributed by atoms with E-state index in [-0.39, 0.29) is 17.4 Å². The van der Waals surface area contributed by atoms with Crippen LogP contribution in [0.3, 0.4) is 0 Å². The van der Waals surface area contributed by atoms with Crippen LogP contribution in [0.5, 0.6) is 0 Å². The molecule has 2 fully saturated rings. The molecular weight excluding hydrogens is 488 g/mol. The van der Waals surface area contributed by atoms with Crippen LogP contribution in [0.1, 0.15) is 37.7 Å². The highest BCUT2D eigenvalue weighted by molar-refractivity contribution is 7.92. The molecule has 190 valence electrons. The van der Waals surface area contributed by atoms with Gasteiger partial charge in [0.1, 0.15) is 6.61 Å². The quantitative estimate of drug-likeness (QED) is 0.555. The van der Waals surface area contributed by atoms with Crippen molar-refractivity contribution in [1.82, 2.24) is 10.2 Å². The average molecular weight is 521 g/mol. The molecule has 35 heavy (non-hydrogen) atoms. The smallest absolute Gasteiger partial charge is 0.248 e. The van der Waals surface area contributed by atoms with E-state index in [0.29, 0.717) is 50.3 Å². The van der Waals surface area contributed by atoms with Crippen molar-refractivity contribution >= 4 is 27.3 Å². The predicted molar refractivity (Wildman–Crippen MR) is 135 cm³/mol.